The van der Waals surface area contributed by atoms with Gasteiger partial charge in [0.1, 0.15) is 0 Å². The van der Waals surface area contributed by atoms with Crippen molar-refractivity contribution in [3.8, 4) is 0 Å². The summed E-state index contributed by atoms with van der Waals surface area (Å²) in [5.74, 6) is 1.81. The van der Waals surface area contributed by atoms with E-state index in [4.69, 9.17) is 0 Å². The fraction of sp³-hybridized carbons (Fsp3) is 1.00. The third-order valence-corrected chi connectivity index (χ3v) is 4.71. The van der Waals surface area contributed by atoms with E-state index >= 15 is 0 Å². The zero-order valence-corrected chi connectivity index (χ0v) is 12.4. The van der Waals surface area contributed by atoms with E-state index in [0.29, 0.717) is 5.41 Å². The Morgan fingerprint density at radius 1 is 1.25 bits per heavy atom. The van der Waals surface area contributed by atoms with Crippen LogP contribution in [0.15, 0.2) is 0 Å². The molecule has 1 aliphatic carbocycles. The summed E-state index contributed by atoms with van der Waals surface area (Å²) in [5, 5.41) is 0. The molecule has 0 amide bonds. The lowest BCUT2D eigenvalue weighted by atomic mass is 9.83. The van der Waals surface area contributed by atoms with Crippen molar-refractivity contribution in [3.63, 3.8) is 0 Å². The molecule has 0 N–H and O–H groups in total. The van der Waals surface area contributed by atoms with Crippen molar-refractivity contribution in [2.75, 3.05) is 18.8 Å². The normalized spacial score (nSPS) is 17.4. The third kappa shape index (κ3) is 3.96. The van der Waals surface area contributed by atoms with Gasteiger partial charge >= 0.3 is 0 Å². The maximum absolute atomic E-state index is 4.59. The maximum atomic E-state index is 4.59. The lowest BCUT2D eigenvalue weighted by molar-refractivity contribution is 0.137. The zero-order valence-electron chi connectivity index (χ0n) is 11.5. The number of hydrogen-bond donors (Lipinski definition) is 1. The van der Waals surface area contributed by atoms with Gasteiger partial charge in [0.25, 0.3) is 0 Å². The van der Waals surface area contributed by atoms with Gasteiger partial charge in [-0.05, 0) is 42.8 Å². The van der Waals surface area contributed by atoms with Gasteiger partial charge in [0.2, 0.25) is 0 Å². The van der Waals surface area contributed by atoms with E-state index in [1.165, 1.54) is 38.8 Å². The van der Waals surface area contributed by atoms with Crippen molar-refractivity contribution >= 4 is 12.6 Å². The molecule has 1 nitrogen and oxygen atoms in total. The summed E-state index contributed by atoms with van der Waals surface area (Å²) in [6.45, 7) is 11.8. The fourth-order valence-electron chi connectivity index (χ4n) is 2.43. The van der Waals surface area contributed by atoms with Crippen molar-refractivity contribution in [1.82, 2.24) is 4.90 Å². The van der Waals surface area contributed by atoms with E-state index in [2.05, 4.69) is 45.2 Å². The molecule has 96 valence electrons. The molecular weight excluding hydrogens is 214 g/mol. The molecule has 0 aromatic heterocycles. The van der Waals surface area contributed by atoms with Gasteiger partial charge in [0.15, 0.2) is 0 Å². The largest absolute Gasteiger partial charge is 0.300 e. The Hall–Kier alpha value is 0.310. The SMILES string of the molecule is CCC(CC)(CS)CN(CC(C)C)C1CC1. The van der Waals surface area contributed by atoms with E-state index in [-0.39, 0.29) is 0 Å². The van der Waals surface area contributed by atoms with Crippen LogP contribution in [0.25, 0.3) is 0 Å². The molecule has 0 saturated heterocycles. The molecule has 0 bridgehead atoms. The number of thiol groups is 1. The van der Waals surface area contributed by atoms with E-state index in [9.17, 15) is 0 Å². The summed E-state index contributed by atoms with van der Waals surface area (Å²) < 4.78 is 0. The Kier molecular flexibility index (Phi) is 5.66. The van der Waals surface area contributed by atoms with Gasteiger partial charge in [-0.25, -0.2) is 0 Å². The minimum absolute atomic E-state index is 0.445. The minimum Gasteiger partial charge on any atom is -0.300 e. The molecule has 0 aromatic rings. The first-order chi connectivity index (χ1) is 7.56. The Morgan fingerprint density at radius 2 is 1.81 bits per heavy atom. The van der Waals surface area contributed by atoms with Crippen molar-refractivity contribution in [2.45, 2.75) is 59.4 Å². The van der Waals surface area contributed by atoms with Crippen LogP contribution >= 0.6 is 12.6 Å². The molecular formula is C14H29NS. The van der Waals surface area contributed by atoms with E-state index < -0.39 is 0 Å². The summed E-state index contributed by atoms with van der Waals surface area (Å²) in [4.78, 5) is 2.73. The highest BCUT2D eigenvalue weighted by Crippen LogP contribution is 2.35. The van der Waals surface area contributed by atoms with Crippen LogP contribution in [0.4, 0.5) is 0 Å². The summed E-state index contributed by atoms with van der Waals surface area (Å²) >= 11 is 4.59. The standard InChI is InChI=1S/C14H29NS/c1-5-14(6-2,11-16)10-15(9-12(3)4)13-7-8-13/h12-13,16H,5-11H2,1-4H3. The molecule has 0 radical (unpaired) electrons. The summed E-state index contributed by atoms with van der Waals surface area (Å²) in [6, 6.07) is 0.889. The van der Waals surface area contributed by atoms with Crippen LogP contribution in [0.5, 0.6) is 0 Å². The fourth-order valence-corrected chi connectivity index (χ4v) is 2.98. The van der Waals surface area contributed by atoms with Gasteiger partial charge in [-0.2, -0.15) is 12.6 Å². The molecule has 1 fully saturated rings. The van der Waals surface area contributed by atoms with Crippen molar-refractivity contribution < 1.29 is 0 Å². The van der Waals surface area contributed by atoms with Crippen LogP contribution in [0, 0.1) is 11.3 Å². The van der Waals surface area contributed by atoms with Crippen LogP contribution in [0.1, 0.15) is 53.4 Å². The van der Waals surface area contributed by atoms with Crippen LogP contribution < -0.4 is 0 Å². The Bertz CT molecular complexity index is 187. The van der Waals surface area contributed by atoms with Gasteiger partial charge in [-0.3, -0.25) is 4.90 Å². The Balaban J connectivity index is 2.57. The van der Waals surface area contributed by atoms with E-state index in [1.54, 1.807) is 0 Å². The highest BCUT2D eigenvalue weighted by molar-refractivity contribution is 7.80. The monoisotopic (exact) mass is 243 g/mol. The highest BCUT2D eigenvalue weighted by atomic mass is 32.1. The molecule has 0 heterocycles. The van der Waals surface area contributed by atoms with Gasteiger partial charge in [0, 0.05) is 19.1 Å². The van der Waals surface area contributed by atoms with Crippen molar-refractivity contribution in [2.24, 2.45) is 11.3 Å². The molecule has 1 rings (SSSR count). The molecule has 0 aromatic carbocycles. The van der Waals surface area contributed by atoms with Gasteiger partial charge < -0.3 is 0 Å². The van der Waals surface area contributed by atoms with Crippen molar-refractivity contribution in [3.05, 3.63) is 0 Å². The molecule has 0 unspecified atom stereocenters. The van der Waals surface area contributed by atoms with E-state index in [0.717, 1.165) is 17.7 Å². The maximum Gasteiger partial charge on any atom is 0.00967 e. The second-order valence-corrected chi connectivity index (χ2v) is 6.24. The molecule has 0 aliphatic heterocycles. The average molecular weight is 243 g/mol. The van der Waals surface area contributed by atoms with Crippen LogP contribution in [0.3, 0.4) is 0 Å². The average Bonchev–Trinajstić information content (AvgIpc) is 3.08. The van der Waals surface area contributed by atoms with Crippen LogP contribution in [-0.2, 0) is 0 Å². The molecule has 2 heteroatoms. The first kappa shape index (κ1) is 14.4. The first-order valence-electron chi connectivity index (χ1n) is 6.91. The molecule has 1 aliphatic rings. The van der Waals surface area contributed by atoms with Crippen LogP contribution in [-0.4, -0.2) is 29.8 Å². The second-order valence-electron chi connectivity index (χ2n) is 5.92. The molecule has 16 heavy (non-hydrogen) atoms. The second kappa shape index (κ2) is 6.30. The van der Waals surface area contributed by atoms with Crippen molar-refractivity contribution in [1.29, 1.82) is 0 Å². The zero-order chi connectivity index (χ0) is 12.2. The van der Waals surface area contributed by atoms with Crippen LogP contribution in [0.2, 0.25) is 0 Å². The Labute approximate surface area is 107 Å². The smallest absolute Gasteiger partial charge is 0.00967 e. The summed E-state index contributed by atoms with van der Waals surface area (Å²) in [5.41, 5.74) is 0.445. The van der Waals surface area contributed by atoms with E-state index in [1.807, 2.05) is 0 Å². The predicted octanol–water partition coefficient (Wildman–Crippen LogP) is 3.84. The molecule has 1 saturated carbocycles. The number of nitrogens with zero attached hydrogens (tertiary/aromatic N) is 1. The number of rotatable bonds is 8. The predicted molar refractivity (Wildman–Crippen MR) is 76.3 cm³/mol. The minimum atomic E-state index is 0.445. The first-order valence-corrected chi connectivity index (χ1v) is 7.55. The lowest BCUT2D eigenvalue weighted by Gasteiger charge is -2.37. The summed E-state index contributed by atoms with van der Waals surface area (Å²) in [7, 11) is 0. The third-order valence-electron chi connectivity index (χ3n) is 4.04. The lowest BCUT2D eigenvalue weighted by Crippen LogP contribution is -2.41. The Morgan fingerprint density at radius 3 is 2.12 bits per heavy atom. The molecule has 0 atom stereocenters. The highest BCUT2D eigenvalue weighted by Gasteiger charge is 2.35. The number of hydrogen-bond acceptors (Lipinski definition) is 2. The summed E-state index contributed by atoms with van der Waals surface area (Å²) in [6.07, 6.45) is 5.36. The van der Waals surface area contributed by atoms with Gasteiger partial charge in [-0.15, -0.1) is 0 Å². The quantitative estimate of drug-likeness (QED) is 0.634. The van der Waals surface area contributed by atoms with Gasteiger partial charge in [0.05, 0.1) is 0 Å². The topological polar surface area (TPSA) is 3.24 Å². The van der Waals surface area contributed by atoms with Gasteiger partial charge in [-0.1, -0.05) is 27.7 Å². The molecule has 0 spiro atoms.